The molecule has 0 saturated heterocycles. The molecule has 0 saturated carbocycles. The van der Waals surface area contributed by atoms with Crippen molar-refractivity contribution in [3.8, 4) is 6.07 Å². The van der Waals surface area contributed by atoms with E-state index in [0.29, 0.717) is 18.7 Å². The third kappa shape index (κ3) is 3.08. The number of hydrogen-bond donors (Lipinski definition) is 1. The van der Waals surface area contributed by atoms with Crippen LogP contribution < -0.4 is 0 Å². The molecule has 0 unspecified atom stereocenters. The molecule has 1 N–H and O–H groups in total. The smallest absolute Gasteiger partial charge is 0.323 e. The van der Waals surface area contributed by atoms with E-state index in [2.05, 4.69) is 6.07 Å². The van der Waals surface area contributed by atoms with Gasteiger partial charge in [0.2, 0.25) is 0 Å². The second kappa shape index (κ2) is 5.65. The number of likely N-dealkylation sites (N-methyl/N-ethyl adjacent to an activating group) is 1. The molecule has 1 aromatic carbocycles. The summed E-state index contributed by atoms with van der Waals surface area (Å²) < 4.78 is 0. The number of nitrogens with zero attached hydrogens (tertiary/aromatic N) is 2. The van der Waals surface area contributed by atoms with E-state index in [-0.39, 0.29) is 0 Å². The molecular formula is C14H18N2O2. The number of hydrogen-bond acceptors (Lipinski definition) is 3. The van der Waals surface area contributed by atoms with Crippen molar-refractivity contribution in [2.45, 2.75) is 32.9 Å². The van der Waals surface area contributed by atoms with Crippen LogP contribution in [0.2, 0.25) is 0 Å². The molecule has 1 aromatic rings. The molecule has 4 heteroatoms. The highest BCUT2D eigenvalue weighted by Crippen LogP contribution is 2.18. The minimum Gasteiger partial charge on any atom is -0.480 e. The molecule has 96 valence electrons. The van der Waals surface area contributed by atoms with Crippen molar-refractivity contribution in [2.24, 2.45) is 0 Å². The van der Waals surface area contributed by atoms with Crippen LogP contribution in [0.4, 0.5) is 0 Å². The highest BCUT2D eigenvalue weighted by atomic mass is 16.4. The first-order valence-electron chi connectivity index (χ1n) is 5.89. The van der Waals surface area contributed by atoms with E-state index >= 15 is 0 Å². The Bertz CT molecular complexity index is 475. The largest absolute Gasteiger partial charge is 0.480 e. The van der Waals surface area contributed by atoms with Crippen LogP contribution in [0.5, 0.6) is 0 Å². The number of aliphatic carboxylic acids is 1. The lowest BCUT2D eigenvalue weighted by atomic mass is 10.0. The highest BCUT2D eigenvalue weighted by molar-refractivity contribution is 5.77. The first kappa shape index (κ1) is 14.2. The van der Waals surface area contributed by atoms with Crippen LogP contribution >= 0.6 is 0 Å². The summed E-state index contributed by atoms with van der Waals surface area (Å²) in [6, 6.07) is 9.33. The van der Waals surface area contributed by atoms with Gasteiger partial charge < -0.3 is 5.11 Å². The fourth-order valence-corrected chi connectivity index (χ4v) is 1.80. The van der Waals surface area contributed by atoms with Gasteiger partial charge in [-0.05, 0) is 38.1 Å². The maximum absolute atomic E-state index is 11.2. The molecule has 0 atom stereocenters. The minimum absolute atomic E-state index is 0.519. The quantitative estimate of drug-likeness (QED) is 0.865. The fourth-order valence-electron chi connectivity index (χ4n) is 1.80. The Kier molecular flexibility index (Phi) is 4.46. The summed E-state index contributed by atoms with van der Waals surface area (Å²) in [5, 5.41) is 18.1. The highest BCUT2D eigenvalue weighted by Gasteiger charge is 2.33. The standard InChI is InChI=1S/C14H18N2O2/c1-4-16(14(2,3)13(17)18)10-12-7-5-6-11(8-12)9-15/h5-8H,4,10H2,1-3H3,(H,17,18). The van der Waals surface area contributed by atoms with Crippen molar-refractivity contribution in [1.29, 1.82) is 5.26 Å². The van der Waals surface area contributed by atoms with Crippen molar-refractivity contribution in [3.63, 3.8) is 0 Å². The zero-order chi connectivity index (χ0) is 13.8. The normalized spacial score (nSPS) is 11.3. The minimum atomic E-state index is -0.919. The predicted octanol–water partition coefficient (Wildman–Crippen LogP) is 2.24. The van der Waals surface area contributed by atoms with Gasteiger partial charge in [-0.2, -0.15) is 5.26 Å². The Hall–Kier alpha value is -1.86. The molecule has 0 spiro atoms. The first-order valence-corrected chi connectivity index (χ1v) is 5.89. The lowest BCUT2D eigenvalue weighted by Crippen LogP contribution is -2.49. The third-order valence-electron chi connectivity index (χ3n) is 3.13. The Morgan fingerprint density at radius 3 is 2.67 bits per heavy atom. The molecule has 0 amide bonds. The van der Waals surface area contributed by atoms with E-state index in [9.17, 15) is 9.90 Å². The van der Waals surface area contributed by atoms with Crippen molar-refractivity contribution >= 4 is 5.97 Å². The second-order valence-electron chi connectivity index (χ2n) is 4.69. The molecule has 0 radical (unpaired) electrons. The lowest BCUT2D eigenvalue weighted by molar-refractivity contribution is -0.149. The monoisotopic (exact) mass is 246 g/mol. The molecular weight excluding hydrogens is 228 g/mol. The Morgan fingerprint density at radius 2 is 2.17 bits per heavy atom. The van der Waals surface area contributed by atoms with Crippen LogP contribution in [0.3, 0.4) is 0 Å². The average molecular weight is 246 g/mol. The summed E-state index contributed by atoms with van der Waals surface area (Å²) in [7, 11) is 0. The average Bonchev–Trinajstić information content (AvgIpc) is 2.35. The molecule has 0 aromatic heterocycles. The van der Waals surface area contributed by atoms with Gasteiger partial charge >= 0.3 is 5.97 Å². The Morgan fingerprint density at radius 1 is 1.50 bits per heavy atom. The number of benzene rings is 1. The molecule has 0 aliphatic heterocycles. The van der Waals surface area contributed by atoms with Gasteiger partial charge in [-0.1, -0.05) is 19.1 Å². The SMILES string of the molecule is CCN(Cc1cccc(C#N)c1)C(C)(C)C(=O)O. The molecule has 0 fully saturated rings. The number of carboxylic acid groups (broad SMARTS) is 1. The Labute approximate surface area is 107 Å². The van der Waals surface area contributed by atoms with Gasteiger partial charge in [0.25, 0.3) is 0 Å². The molecule has 0 heterocycles. The second-order valence-corrected chi connectivity index (χ2v) is 4.69. The van der Waals surface area contributed by atoms with E-state index in [1.807, 2.05) is 24.0 Å². The number of nitriles is 1. The molecule has 0 bridgehead atoms. The topological polar surface area (TPSA) is 64.3 Å². The van der Waals surface area contributed by atoms with Crippen molar-refractivity contribution < 1.29 is 9.90 Å². The van der Waals surface area contributed by atoms with E-state index in [1.165, 1.54) is 0 Å². The van der Waals surface area contributed by atoms with Crippen LogP contribution in [0.15, 0.2) is 24.3 Å². The van der Waals surface area contributed by atoms with Gasteiger partial charge in [0.05, 0.1) is 11.6 Å². The van der Waals surface area contributed by atoms with E-state index in [4.69, 9.17) is 5.26 Å². The number of carboxylic acids is 1. The summed E-state index contributed by atoms with van der Waals surface area (Å²) >= 11 is 0. The zero-order valence-corrected chi connectivity index (χ0v) is 11.0. The van der Waals surface area contributed by atoms with Crippen LogP contribution in [0, 0.1) is 11.3 Å². The van der Waals surface area contributed by atoms with Crippen LogP contribution in [-0.4, -0.2) is 28.1 Å². The zero-order valence-electron chi connectivity index (χ0n) is 11.0. The summed E-state index contributed by atoms with van der Waals surface area (Å²) in [6.45, 7) is 6.46. The summed E-state index contributed by atoms with van der Waals surface area (Å²) in [5.41, 5.74) is 0.624. The first-order chi connectivity index (χ1) is 8.41. The van der Waals surface area contributed by atoms with Crippen molar-refractivity contribution in [2.75, 3.05) is 6.54 Å². The lowest BCUT2D eigenvalue weighted by Gasteiger charge is -2.34. The Balaban J connectivity index is 2.93. The fraction of sp³-hybridized carbons (Fsp3) is 0.429. The maximum atomic E-state index is 11.2. The molecule has 0 aliphatic carbocycles. The van der Waals surface area contributed by atoms with E-state index in [1.54, 1.807) is 26.0 Å². The van der Waals surface area contributed by atoms with Crippen LogP contribution in [-0.2, 0) is 11.3 Å². The maximum Gasteiger partial charge on any atom is 0.323 e. The van der Waals surface area contributed by atoms with Gasteiger partial charge in [0.1, 0.15) is 5.54 Å². The summed E-state index contributed by atoms with van der Waals surface area (Å²) in [6.07, 6.45) is 0. The van der Waals surface area contributed by atoms with Crippen LogP contribution in [0.1, 0.15) is 31.9 Å². The molecule has 1 rings (SSSR count). The summed E-state index contributed by atoms with van der Waals surface area (Å²) in [5.74, 6) is -0.846. The van der Waals surface area contributed by atoms with Crippen molar-refractivity contribution in [3.05, 3.63) is 35.4 Å². The molecule has 18 heavy (non-hydrogen) atoms. The van der Waals surface area contributed by atoms with Gasteiger partial charge in [-0.25, -0.2) is 0 Å². The predicted molar refractivity (Wildman–Crippen MR) is 69.0 cm³/mol. The van der Waals surface area contributed by atoms with Gasteiger partial charge in [0.15, 0.2) is 0 Å². The number of rotatable bonds is 5. The van der Waals surface area contributed by atoms with Crippen LogP contribution in [0.25, 0.3) is 0 Å². The third-order valence-corrected chi connectivity index (χ3v) is 3.13. The molecule has 4 nitrogen and oxygen atoms in total. The number of carbonyl (C=O) groups is 1. The van der Waals surface area contributed by atoms with E-state index in [0.717, 1.165) is 5.56 Å². The van der Waals surface area contributed by atoms with Crippen molar-refractivity contribution in [1.82, 2.24) is 4.90 Å². The molecule has 0 aliphatic rings. The van der Waals surface area contributed by atoms with E-state index < -0.39 is 11.5 Å². The summed E-state index contributed by atoms with van der Waals surface area (Å²) in [4.78, 5) is 13.1. The van der Waals surface area contributed by atoms with Gasteiger partial charge in [-0.3, -0.25) is 9.69 Å². The van der Waals surface area contributed by atoms with Gasteiger partial charge in [-0.15, -0.1) is 0 Å². The van der Waals surface area contributed by atoms with Gasteiger partial charge in [0, 0.05) is 6.54 Å².